The molecule has 0 bridgehead atoms. The first-order chi connectivity index (χ1) is 16.5. The summed E-state index contributed by atoms with van der Waals surface area (Å²) < 4.78 is 59.6. The summed E-state index contributed by atoms with van der Waals surface area (Å²) in [5.74, 6) is -1.05. The van der Waals surface area contributed by atoms with Gasteiger partial charge in [0, 0.05) is 24.7 Å². The SMILES string of the molecule is CCOc1cc(C(C)N2CCc3c(cc(CCN(C)CC)cc3C(O)C(F)(F)F)C2=O)ncc1F. The number of carbonyl (C=O) groups is 1. The molecule has 35 heavy (non-hydrogen) atoms. The minimum absolute atomic E-state index is 0.0205. The van der Waals surface area contributed by atoms with E-state index in [1.807, 2.05) is 18.9 Å². The maximum absolute atomic E-state index is 14.0. The Hall–Kier alpha value is -2.72. The number of rotatable bonds is 9. The number of hydrogen-bond donors (Lipinski definition) is 1. The first kappa shape index (κ1) is 26.9. The highest BCUT2D eigenvalue weighted by Crippen LogP contribution is 2.39. The highest BCUT2D eigenvalue weighted by Gasteiger charge is 2.42. The molecule has 1 amide bonds. The molecule has 0 fully saturated rings. The lowest BCUT2D eigenvalue weighted by Crippen LogP contribution is -2.40. The Morgan fingerprint density at radius 3 is 2.60 bits per heavy atom. The molecule has 2 heterocycles. The molecule has 2 aromatic rings. The molecule has 192 valence electrons. The Labute approximate surface area is 202 Å². The molecule has 0 radical (unpaired) electrons. The summed E-state index contributed by atoms with van der Waals surface area (Å²) in [5.41, 5.74) is 1.03. The van der Waals surface area contributed by atoms with Crippen molar-refractivity contribution in [2.24, 2.45) is 0 Å². The van der Waals surface area contributed by atoms with Crippen LogP contribution in [0.25, 0.3) is 0 Å². The maximum Gasteiger partial charge on any atom is 0.418 e. The van der Waals surface area contributed by atoms with Gasteiger partial charge < -0.3 is 19.6 Å². The van der Waals surface area contributed by atoms with Gasteiger partial charge >= 0.3 is 6.18 Å². The molecule has 2 atom stereocenters. The lowest BCUT2D eigenvalue weighted by atomic mass is 9.87. The lowest BCUT2D eigenvalue weighted by molar-refractivity contribution is -0.207. The van der Waals surface area contributed by atoms with Gasteiger partial charge in [0.1, 0.15) is 0 Å². The van der Waals surface area contributed by atoms with Crippen molar-refractivity contribution < 1.29 is 32.2 Å². The molecule has 6 nitrogen and oxygen atoms in total. The van der Waals surface area contributed by atoms with Crippen LogP contribution in [-0.2, 0) is 12.8 Å². The van der Waals surface area contributed by atoms with Gasteiger partial charge in [-0.05, 0) is 63.0 Å². The fourth-order valence-electron chi connectivity index (χ4n) is 4.22. The van der Waals surface area contributed by atoms with Crippen molar-refractivity contribution in [3.8, 4) is 5.75 Å². The number of ether oxygens (including phenoxy) is 1. The zero-order valence-electron chi connectivity index (χ0n) is 20.3. The van der Waals surface area contributed by atoms with Gasteiger partial charge in [0.15, 0.2) is 17.7 Å². The summed E-state index contributed by atoms with van der Waals surface area (Å²) in [6.07, 6.45) is -5.94. The summed E-state index contributed by atoms with van der Waals surface area (Å²) in [5, 5.41) is 10.1. The van der Waals surface area contributed by atoms with Gasteiger partial charge in [-0.2, -0.15) is 13.2 Å². The number of nitrogens with zero attached hydrogens (tertiary/aromatic N) is 3. The number of benzene rings is 1. The van der Waals surface area contributed by atoms with E-state index in [2.05, 4.69) is 4.98 Å². The molecule has 1 aromatic carbocycles. The Balaban J connectivity index is 1.99. The number of pyridine rings is 1. The van der Waals surface area contributed by atoms with Crippen LogP contribution in [0, 0.1) is 5.82 Å². The third kappa shape index (κ3) is 5.92. The van der Waals surface area contributed by atoms with E-state index >= 15 is 0 Å². The van der Waals surface area contributed by atoms with Crippen molar-refractivity contribution in [1.29, 1.82) is 0 Å². The standard InChI is InChI=1S/C25H31F4N3O3/c1-5-31(4)9-7-16-11-18(23(33)25(27,28)29)17-8-10-32(24(34)19(17)12-16)15(3)21-13-22(35-6-2)20(26)14-30-21/h11-15,23,33H,5-10H2,1-4H3. The molecular weight excluding hydrogens is 466 g/mol. The zero-order chi connectivity index (χ0) is 25.9. The third-order valence-corrected chi connectivity index (χ3v) is 6.40. The number of fused-ring (bicyclic) bond motifs is 1. The van der Waals surface area contributed by atoms with Crippen molar-refractivity contribution in [2.75, 3.05) is 33.3 Å². The van der Waals surface area contributed by atoms with Crippen LogP contribution in [0.2, 0.25) is 0 Å². The van der Waals surface area contributed by atoms with Gasteiger partial charge in [-0.3, -0.25) is 9.78 Å². The summed E-state index contributed by atoms with van der Waals surface area (Å²) >= 11 is 0. The van der Waals surface area contributed by atoms with Crippen LogP contribution in [0.15, 0.2) is 24.4 Å². The van der Waals surface area contributed by atoms with E-state index in [1.54, 1.807) is 19.9 Å². The smallest absolute Gasteiger partial charge is 0.418 e. The Morgan fingerprint density at radius 1 is 1.26 bits per heavy atom. The van der Waals surface area contributed by atoms with Crippen LogP contribution >= 0.6 is 0 Å². The predicted octanol–water partition coefficient (Wildman–Crippen LogP) is 4.47. The number of carbonyl (C=O) groups excluding carboxylic acids is 1. The molecule has 3 rings (SSSR count). The first-order valence-electron chi connectivity index (χ1n) is 11.7. The summed E-state index contributed by atoms with van der Waals surface area (Å²) in [6, 6.07) is 3.85. The second kappa shape index (κ2) is 10.9. The number of aliphatic hydroxyl groups is 1. The quantitative estimate of drug-likeness (QED) is 0.518. The molecule has 1 aromatic heterocycles. The molecule has 1 aliphatic heterocycles. The second-order valence-electron chi connectivity index (χ2n) is 8.70. The number of alkyl halides is 3. The van der Waals surface area contributed by atoms with Crippen molar-refractivity contribution in [3.05, 3.63) is 58.2 Å². The van der Waals surface area contributed by atoms with Gasteiger partial charge in [-0.15, -0.1) is 0 Å². The molecule has 0 spiro atoms. The maximum atomic E-state index is 14.0. The molecule has 0 aliphatic carbocycles. The number of hydrogen-bond acceptors (Lipinski definition) is 5. The topological polar surface area (TPSA) is 65.9 Å². The van der Waals surface area contributed by atoms with Crippen LogP contribution in [0.3, 0.4) is 0 Å². The second-order valence-corrected chi connectivity index (χ2v) is 8.70. The molecule has 0 saturated carbocycles. The molecular formula is C25H31F4N3O3. The number of amides is 1. The van der Waals surface area contributed by atoms with Crippen LogP contribution in [0.1, 0.15) is 65.7 Å². The van der Waals surface area contributed by atoms with Crippen molar-refractivity contribution in [3.63, 3.8) is 0 Å². The number of halogens is 4. The predicted molar refractivity (Wildman–Crippen MR) is 123 cm³/mol. The van der Waals surface area contributed by atoms with Crippen LogP contribution in [-0.4, -0.2) is 65.3 Å². The van der Waals surface area contributed by atoms with Crippen molar-refractivity contribution in [1.82, 2.24) is 14.8 Å². The minimum atomic E-state index is -4.85. The molecule has 10 heteroatoms. The zero-order valence-corrected chi connectivity index (χ0v) is 20.3. The average Bonchev–Trinajstić information content (AvgIpc) is 2.82. The minimum Gasteiger partial charge on any atom is -0.491 e. The molecule has 0 saturated heterocycles. The summed E-state index contributed by atoms with van der Waals surface area (Å²) in [6.45, 7) is 7.15. The van der Waals surface area contributed by atoms with Crippen LogP contribution < -0.4 is 4.74 Å². The largest absolute Gasteiger partial charge is 0.491 e. The van der Waals surface area contributed by atoms with Crippen LogP contribution in [0.5, 0.6) is 5.75 Å². The van der Waals surface area contributed by atoms with Crippen molar-refractivity contribution in [2.45, 2.75) is 51.9 Å². The number of likely N-dealkylation sites (N-methyl/N-ethyl adjacent to an activating group) is 1. The highest BCUT2D eigenvalue weighted by molar-refractivity contribution is 5.97. The van der Waals surface area contributed by atoms with E-state index in [0.29, 0.717) is 24.2 Å². The lowest BCUT2D eigenvalue weighted by Gasteiger charge is -2.35. The van der Waals surface area contributed by atoms with Crippen molar-refractivity contribution >= 4 is 5.91 Å². The van der Waals surface area contributed by atoms with E-state index in [1.165, 1.54) is 17.0 Å². The van der Waals surface area contributed by atoms with Gasteiger partial charge in [0.25, 0.3) is 5.91 Å². The van der Waals surface area contributed by atoms with Gasteiger partial charge in [0.2, 0.25) is 0 Å². The fourth-order valence-corrected chi connectivity index (χ4v) is 4.22. The summed E-state index contributed by atoms with van der Waals surface area (Å²) in [7, 11) is 1.89. The molecule has 1 aliphatic rings. The van der Waals surface area contributed by atoms with Gasteiger partial charge in [-0.25, -0.2) is 4.39 Å². The molecule has 2 unspecified atom stereocenters. The Bertz CT molecular complexity index is 1060. The van der Waals surface area contributed by atoms with E-state index < -0.39 is 30.0 Å². The van der Waals surface area contributed by atoms with Crippen LogP contribution in [0.4, 0.5) is 17.6 Å². The average molecular weight is 498 g/mol. The van der Waals surface area contributed by atoms with Gasteiger partial charge in [0.05, 0.1) is 24.5 Å². The number of aromatic nitrogens is 1. The molecule has 1 N–H and O–H groups in total. The van der Waals surface area contributed by atoms with Gasteiger partial charge in [-0.1, -0.05) is 13.0 Å². The third-order valence-electron chi connectivity index (χ3n) is 6.40. The Morgan fingerprint density at radius 2 is 1.97 bits per heavy atom. The highest BCUT2D eigenvalue weighted by atomic mass is 19.4. The number of aliphatic hydroxyl groups excluding tert-OH is 1. The first-order valence-corrected chi connectivity index (χ1v) is 11.7. The Kier molecular flexibility index (Phi) is 8.38. The van der Waals surface area contributed by atoms with E-state index in [0.717, 1.165) is 12.7 Å². The van der Waals surface area contributed by atoms with E-state index in [-0.39, 0.29) is 42.0 Å². The fraction of sp³-hybridized carbons (Fsp3) is 0.520. The summed E-state index contributed by atoms with van der Waals surface area (Å²) in [4.78, 5) is 21.1. The normalized spacial score (nSPS) is 15.8. The van der Waals surface area contributed by atoms with E-state index in [4.69, 9.17) is 4.74 Å². The monoisotopic (exact) mass is 497 g/mol. The van der Waals surface area contributed by atoms with E-state index in [9.17, 15) is 27.5 Å².